The summed E-state index contributed by atoms with van der Waals surface area (Å²) in [4.78, 5) is 11.6. The van der Waals surface area contributed by atoms with Crippen molar-refractivity contribution in [1.29, 1.82) is 0 Å². The minimum Gasteiger partial charge on any atom is -0.490 e. The van der Waals surface area contributed by atoms with Gasteiger partial charge >= 0.3 is 0 Å². The molecule has 0 aliphatic heterocycles. The lowest BCUT2D eigenvalue weighted by molar-refractivity contribution is -0.154. The zero-order valence-electron chi connectivity index (χ0n) is 12.1. The molecule has 1 aromatic rings. The molecule has 0 spiro atoms. The molecule has 4 nitrogen and oxygen atoms in total. The molecule has 1 aromatic carbocycles. The molecule has 1 fully saturated rings. The van der Waals surface area contributed by atoms with Gasteiger partial charge in [-0.3, -0.25) is 4.79 Å². The van der Waals surface area contributed by atoms with E-state index < -0.39 is 6.10 Å². The third-order valence-corrected chi connectivity index (χ3v) is 3.15. The lowest BCUT2D eigenvalue weighted by Gasteiger charge is -2.34. The Balaban J connectivity index is 1.97. The van der Waals surface area contributed by atoms with Gasteiger partial charge in [0.15, 0.2) is 23.4 Å². The molecule has 0 N–H and O–H groups in total. The van der Waals surface area contributed by atoms with Crippen LogP contribution < -0.4 is 9.47 Å². The average Bonchev–Trinajstić information content (AvgIpc) is 2.46. The normalized spacial score (nSPS) is 21.4. The molecule has 2 rings (SSSR count). The minimum atomic E-state index is -0.422. The van der Waals surface area contributed by atoms with E-state index in [9.17, 15) is 4.79 Å². The smallest absolute Gasteiger partial charge is 0.169 e. The number of rotatable bonds is 8. The Morgan fingerprint density at radius 1 is 1.10 bits per heavy atom. The second-order valence-corrected chi connectivity index (χ2v) is 4.91. The van der Waals surface area contributed by atoms with Crippen molar-refractivity contribution in [1.82, 2.24) is 0 Å². The van der Waals surface area contributed by atoms with Crippen molar-refractivity contribution in [2.24, 2.45) is 0 Å². The molecule has 0 saturated heterocycles. The monoisotopic (exact) mass is 278 g/mol. The zero-order valence-corrected chi connectivity index (χ0v) is 12.1. The number of para-hydroxylation sites is 2. The van der Waals surface area contributed by atoms with Crippen molar-refractivity contribution in [3.05, 3.63) is 24.3 Å². The summed E-state index contributed by atoms with van der Waals surface area (Å²) in [5.41, 5.74) is 0. The van der Waals surface area contributed by atoms with Crippen molar-refractivity contribution >= 4 is 5.78 Å². The predicted molar refractivity (Wildman–Crippen MR) is 76.3 cm³/mol. The van der Waals surface area contributed by atoms with Crippen LogP contribution in [0.3, 0.4) is 0 Å². The van der Waals surface area contributed by atoms with Gasteiger partial charge in [-0.2, -0.15) is 0 Å². The van der Waals surface area contributed by atoms with Gasteiger partial charge in [-0.25, -0.2) is 0 Å². The SMILES string of the molecule is CCCOc1ccccc1OC1CC(=O)C1OCCC. The largest absolute Gasteiger partial charge is 0.490 e. The van der Waals surface area contributed by atoms with E-state index in [1.165, 1.54) is 0 Å². The van der Waals surface area contributed by atoms with Crippen molar-refractivity contribution in [3.63, 3.8) is 0 Å². The van der Waals surface area contributed by atoms with Gasteiger partial charge in [0.05, 0.1) is 6.61 Å². The summed E-state index contributed by atoms with van der Waals surface area (Å²) in [6.45, 7) is 5.32. The van der Waals surface area contributed by atoms with Crippen LogP contribution in [-0.4, -0.2) is 31.2 Å². The van der Waals surface area contributed by atoms with Gasteiger partial charge in [-0.05, 0) is 25.0 Å². The fraction of sp³-hybridized carbons (Fsp3) is 0.562. The number of ketones is 1. The Hall–Kier alpha value is -1.55. The molecule has 1 aliphatic rings. The first-order chi connectivity index (χ1) is 9.76. The summed E-state index contributed by atoms with van der Waals surface area (Å²) in [7, 11) is 0. The average molecular weight is 278 g/mol. The van der Waals surface area contributed by atoms with Crippen LogP contribution in [0.15, 0.2) is 24.3 Å². The Labute approximate surface area is 120 Å². The minimum absolute atomic E-state index is 0.121. The maximum absolute atomic E-state index is 11.6. The third kappa shape index (κ3) is 3.51. The van der Waals surface area contributed by atoms with E-state index >= 15 is 0 Å². The van der Waals surface area contributed by atoms with E-state index in [0.717, 1.165) is 18.6 Å². The van der Waals surface area contributed by atoms with E-state index in [1.807, 2.05) is 31.2 Å². The van der Waals surface area contributed by atoms with E-state index in [2.05, 4.69) is 6.92 Å². The molecule has 110 valence electrons. The van der Waals surface area contributed by atoms with Gasteiger partial charge in [0.1, 0.15) is 6.10 Å². The van der Waals surface area contributed by atoms with Gasteiger partial charge in [-0.15, -0.1) is 0 Å². The second-order valence-electron chi connectivity index (χ2n) is 4.91. The number of ether oxygens (including phenoxy) is 3. The highest BCUT2D eigenvalue weighted by molar-refractivity contribution is 5.90. The second kappa shape index (κ2) is 7.29. The Kier molecular flexibility index (Phi) is 5.41. The molecule has 4 heteroatoms. The van der Waals surface area contributed by atoms with Crippen molar-refractivity contribution in [2.45, 2.75) is 45.3 Å². The molecule has 0 radical (unpaired) electrons. The number of carbonyl (C=O) groups is 1. The topological polar surface area (TPSA) is 44.8 Å². The van der Waals surface area contributed by atoms with Crippen molar-refractivity contribution < 1.29 is 19.0 Å². The number of benzene rings is 1. The van der Waals surface area contributed by atoms with Crippen LogP contribution in [0.5, 0.6) is 11.5 Å². The quantitative estimate of drug-likeness (QED) is 0.733. The van der Waals surface area contributed by atoms with E-state index in [4.69, 9.17) is 14.2 Å². The Morgan fingerprint density at radius 3 is 2.45 bits per heavy atom. The first kappa shape index (κ1) is 14.9. The van der Waals surface area contributed by atoms with Crippen LogP contribution in [-0.2, 0) is 9.53 Å². The number of hydrogen-bond donors (Lipinski definition) is 0. The molecular weight excluding hydrogens is 256 g/mol. The van der Waals surface area contributed by atoms with Crippen molar-refractivity contribution in [3.8, 4) is 11.5 Å². The van der Waals surface area contributed by atoms with Crippen LogP contribution in [0.4, 0.5) is 0 Å². The van der Waals surface area contributed by atoms with Gasteiger partial charge in [0, 0.05) is 13.0 Å². The number of hydrogen-bond acceptors (Lipinski definition) is 4. The highest BCUT2D eigenvalue weighted by Crippen LogP contribution is 2.32. The molecule has 0 aromatic heterocycles. The first-order valence-electron chi connectivity index (χ1n) is 7.29. The van der Waals surface area contributed by atoms with Gasteiger partial charge < -0.3 is 14.2 Å². The molecule has 1 saturated carbocycles. The third-order valence-electron chi connectivity index (χ3n) is 3.15. The summed E-state index contributed by atoms with van der Waals surface area (Å²) < 4.78 is 17.1. The van der Waals surface area contributed by atoms with Crippen LogP contribution >= 0.6 is 0 Å². The molecule has 1 aliphatic carbocycles. The highest BCUT2D eigenvalue weighted by Gasteiger charge is 2.42. The maximum atomic E-state index is 11.6. The zero-order chi connectivity index (χ0) is 14.4. The number of carbonyl (C=O) groups excluding carboxylic acids is 1. The summed E-state index contributed by atoms with van der Waals surface area (Å²) in [5.74, 6) is 1.53. The van der Waals surface area contributed by atoms with Gasteiger partial charge in [-0.1, -0.05) is 26.0 Å². The molecular formula is C16H22O4. The maximum Gasteiger partial charge on any atom is 0.169 e. The predicted octanol–water partition coefficient (Wildman–Crippen LogP) is 2.99. The Bertz CT molecular complexity index is 444. The van der Waals surface area contributed by atoms with E-state index in [0.29, 0.717) is 25.4 Å². The van der Waals surface area contributed by atoms with Crippen LogP contribution in [0.25, 0.3) is 0 Å². The highest BCUT2D eigenvalue weighted by atomic mass is 16.6. The van der Waals surface area contributed by atoms with Crippen LogP contribution in [0, 0.1) is 0 Å². The molecule has 20 heavy (non-hydrogen) atoms. The number of Topliss-reactive ketones (excluding diaryl/α,β-unsaturated/α-hetero) is 1. The van der Waals surface area contributed by atoms with Gasteiger partial charge in [0.25, 0.3) is 0 Å². The lowest BCUT2D eigenvalue weighted by atomic mass is 9.90. The molecule has 2 atom stereocenters. The fourth-order valence-electron chi connectivity index (χ4n) is 2.06. The first-order valence-corrected chi connectivity index (χ1v) is 7.29. The molecule has 0 amide bonds. The van der Waals surface area contributed by atoms with Crippen LogP contribution in [0.2, 0.25) is 0 Å². The molecule has 2 unspecified atom stereocenters. The van der Waals surface area contributed by atoms with Crippen LogP contribution in [0.1, 0.15) is 33.1 Å². The summed E-state index contributed by atoms with van der Waals surface area (Å²) >= 11 is 0. The summed E-state index contributed by atoms with van der Waals surface area (Å²) in [6.07, 6.45) is 1.64. The molecule has 0 bridgehead atoms. The van der Waals surface area contributed by atoms with Gasteiger partial charge in [0.2, 0.25) is 0 Å². The lowest BCUT2D eigenvalue weighted by Crippen LogP contribution is -2.52. The summed E-state index contributed by atoms with van der Waals surface area (Å²) in [6, 6.07) is 7.56. The summed E-state index contributed by atoms with van der Waals surface area (Å²) in [5, 5.41) is 0. The fourth-order valence-corrected chi connectivity index (χ4v) is 2.06. The van der Waals surface area contributed by atoms with Crippen molar-refractivity contribution in [2.75, 3.05) is 13.2 Å². The van der Waals surface area contributed by atoms with E-state index in [-0.39, 0.29) is 11.9 Å². The molecule has 0 heterocycles. The standard InChI is InChI=1S/C16H22O4/c1-3-9-18-13-7-5-6-8-14(13)20-15-11-12(17)16(15)19-10-4-2/h5-8,15-16H,3-4,9-11H2,1-2H3. The Morgan fingerprint density at radius 2 is 1.80 bits per heavy atom. The van der Waals surface area contributed by atoms with E-state index in [1.54, 1.807) is 0 Å².